The van der Waals surface area contributed by atoms with Crippen molar-refractivity contribution in [3.05, 3.63) is 34.9 Å². The first-order valence-electron chi connectivity index (χ1n) is 5.71. The summed E-state index contributed by atoms with van der Waals surface area (Å²) >= 11 is 7.63. The van der Waals surface area contributed by atoms with Crippen molar-refractivity contribution in [2.45, 2.75) is 19.4 Å². The molecule has 0 heterocycles. The molecule has 0 aliphatic rings. The Balaban J connectivity index is 2.18. The van der Waals surface area contributed by atoms with Crippen molar-refractivity contribution in [2.24, 2.45) is 0 Å². The molecule has 1 aromatic carbocycles. The Morgan fingerprint density at radius 1 is 1.41 bits per heavy atom. The van der Waals surface area contributed by atoms with Crippen LogP contribution in [0.5, 0.6) is 0 Å². The van der Waals surface area contributed by atoms with E-state index in [1.165, 1.54) is 5.56 Å². The van der Waals surface area contributed by atoms with Crippen molar-refractivity contribution in [3.63, 3.8) is 0 Å². The van der Waals surface area contributed by atoms with Gasteiger partial charge in [0.15, 0.2) is 0 Å². The first-order valence-corrected chi connectivity index (χ1v) is 7.24. The summed E-state index contributed by atoms with van der Waals surface area (Å²) in [5, 5.41) is 4.27. The molecule has 0 fully saturated rings. The Bertz CT molecular complexity index is 355. The van der Waals surface area contributed by atoms with Crippen LogP contribution in [0, 0.1) is 12.3 Å². The molecule has 0 spiro atoms. The van der Waals surface area contributed by atoms with Crippen molar-refractivity contribution >= 4 is 23.4 Å². The number of halogens is 1. The van der Waals surface area contributed by atoms with Crippen LogP contribution in [0.15, 0.2) is 24.3 Å². The molecule has 1 aromatic rings. The predicted molar refractivity (Wildman–Crippen MR) is 78.8 cm³/mol. The van der Waals surface area contributed by atoms with Gasteiger partial charge in [-0.1, -0.05) is 29.7 Å². The van der Waals surface area contributed by atoms with Crippen LogP contribution in [0.4, 0.5) is 0 Å². The second-order valence-electron chi connectivity index (χ2n) is 3.94. The van der Waals surface area contributed by atoms with E-state index in [1.54, 1.807) is 11.8 Å². The molecule has 1 unspecified atom stereocenters. The largest absolute Gasteiger partial charge is 0.313 e. The van der Waals surface area contributed by atoms with E-state index in [0.717, 1.165) is 29.5 Å². The highest BCUT2D eigenvalue weighted by Crippen LogP contribution is 2.11. The second-order valence-corrected chi connectivity index (χ2v) is 5.48. The molecule has 1 rings (SSSR count). The molecule has 17 heavy (non-hydrogen) atoms. The van der Waals surface area contributed by atoms with Gasteiger partial charge in [0.2, 0.25) is 0 Å². The van der Waals surface area contributed by atoms with Crippen LogP contribution in [-0.2, 0) is 6.42 Å². The molecule has 1 atom stereocenters. The molecular weight excluding hydrogens is 250 g/mol. The van der Waals surface area contributed by atoms with Crippen LogP contribution >= 0.6 is 23.4 Å². The maximum atomic E-state index is 5.85. The minimum absolute atomic E-state index is 0.475. The summed E-state index contributed by atoms with van der Waals surface area (Å²) in [4.78, 5) is 0. The summed E-state index contributed by atoms with van der Waals surface area (Å²) in [5.74, 6) is 4.49. The van der Waals surface area contributed by atoms with E-state index in [-0.39, 0.29) is 0 Å². The van der Waals surface area contributed by atoms with E-state index in [4.69, 9.17) is 18.0 Å². The topological polar surface area (TPSA) is 12.0 Å². The van der Waals surface area contributed by atoms with Gasteiger partial charge in [0.25, 0.3) is 0 Å². The third kappa shape index (κ3) is 6.63. The summed E-state index contributed by atoms with van der Waals surface area (Å²) in [6, 6.07) is 8.50. The lowest BCUT2D eigenvalue weighted by molar-refractivity contribution is 0.568. The fourth-order valence-corrected chi connectivity index (χ4v) is 2.21. The molecule has 0 aromatic heterocycles. The average Bonchev–Trinajstić information content (AvgIpc) is 2.32. The van der Waals surface area contributed by atoms with E-state index in [0.29, 0.717) is 6.04 Å². The van der Waals surface area contributed by atoms with Crippen LogP contribution in [0.25, 0.3) is 0 Å². The van der Waals surface area contributed by atoms with Crippen molar-refractivity contribution in [1.82, 2.24) is 5.32 Å². The number of hydrogen-bond donors (Lipinski definition) is 1. The number of terminal acetylenes is 1. The van der Waals surface area contributed by atoms with Gasteiger partial charge in [-0.15, -0.1) is 18.2 Å². The summed E-state index contributed by atoms with van der Waals surface area (Å²) in [5.41, 5.74) is 1.31. The number of nitrogens with one attached hydrogen (secondary N) is 1. The zero-order valence-electron chi connectivity index (χ0n) is 10.1. The van der Waals surface area contributed by atoms with Crippen LogP contribution in [0.2, 0.25) is 5.02 Å². The van der Waals surface area contributed by atoms with Crippen LogP contribution in [-0.4, -0.2) is 24.1 Å². The molecule has 0 radical (unpaired) electrons. The van der Waals surface area contributed by atoms with Gasteiger partial charge >= 0.3 is 0 Å². The molecular formula is C14H18ClNS. The van der Waals surface area contributed by atoms with Crippen LogP contribution in [0.3, 0.4) is 0 Å². The van der Waals surface area contributed by atoms with Gasteiger partial charge in [-0.05, 0) is 31.0 Å². The minimum atomic E-state index is 0.475. The van der Waals surface area contributed by atoms with E-state index < -0.39 is 0 Å². The van der Waals surface area contributed by atoms with Gasteiger partial charge in [0.05, 0.1) is 5.75 Å². The highest BCUT2D eigenvalue weighted by Gasteiger charge is 2.02. The number of benzene rings is 1. The summed E-state index contributed by atoms with van der Waals surface area (Å²) < 4.78 is 0. The lowest BCUT2D eigenvalue weighted by atomic mass is 10.1. The molecule has 0 amide bonds. The third-order valence-electron chi connectivity index (χ3n) is 2.38. The van der Waals surface area contributed by atoms with Gasteiger partial charge in [-0.3, -0.25) is 0 Å². The lowest BCUT2D eigenvalue weighted by Gasteiger charge is -2.13. The van der Waals surface area contributed by atoms with Crippen molar-refractivity contribution in [1.29, 1.82) is 0 Å². The standard InChI is InChI=1S/C14H18ClNS/c1-3-9-17-10-8-16-12(2)11-13-4-6-14(15)7-5-13/h1,4-7,12,16H,8-11H2,2H3. The lowest BCUT2D eigenvalue weighted by Crippen LogP contribution is -2.30. The van der Waals surface area contributed by atoms with Gasteiger partial charge in [-0.25, -0.2) is 0 Å². The molecule has 1 N–H and O–H groups in total. The Morgan fingerprint density at radius 3 is 2.76 bits per heavy atom. The molecule has 0 saturated carbocycles. The first-order chi connectivity index (χ1) is 8.22. The molecule has 0 aliphatic carbocycles. The molecule has 1 nitrogen and oxygen atoms in total. The fourth-order valence-electron chi connectivity index (χ4n) is 1.55. The number of thioether (sulfide) groups is 1. The average molecular weight is 268 g/mol. The molecule has 92 valence electrons. The van der Waals surface area contributed by atoms with Gasteiger partial charge in [0.1, 0.15) is 0 Å². The van der Waals surface area contributed by atoms with Gasteiger partial charge in [-0.2, -0.15) is 0 Å². The van der Waals surface area contributed by atoms with E-state index in [1.807, 2.05) is 12.1 Å². The molecule has 3 heteroatoms. The highest BCUT2D eigenvalue weighted by molar-refractivity contribution is 7.99. The smallest absolute Gasteiger partial charge is 0.0545 e. The van der Waals surface area contributed by atoms with Crippen molar-refractivity contribution in [3.8, 4) is 12.3 Å². The summed E-state index contributed by atoms with van der Waals surface area (Å²) in [6.45, 7) is 3.20. The normalized spacial score (nSPS) is 12.1. The zero-order chi connectivity index (χ0) is 12.5. The third-order valence-corrected chi connectivity index (χ3v) is 3.50. The highest BCUT2D eigenvalue weighted by atomic mass is 35.5. The van der Waals surface area contributed by atoms with Crippen molar-refractivity contribution < 1.29 is 0 Å². The Morgan fingerprint density at radius 2 is 2.12 bits per heavy atom. The Kier molecular flexibility index (Phi) is 7.19. The van der Waals surface area contributed by atoms with Crippen LogP contribution in [0.1, 0.15) is 12.5 Å². The number of hydrogen-bond acceptors (Lipinski definition) is 2. The maximum absolute atomic E-state index is 5.85. The van der Waals surface area contributed by atoms with Gasteiger partial charge < -0.3 is 5.32 Å². The SMILES string of the molecule is C#CCSCCNC(C)Cc1ccc(Cl)cc1. The molecule has 0 bridgehead atoms. The van der Waals surface area contributed by atoms with Gasteiger partial charge in [0, 0.05) is 23.4 Å². The summed E-state index contributed by atoms with van der Waals surface area (Å²) in [6.07, 6.45) is 6.21. The van der Waals surface area contributed by atoms with Crippen molar-refractivity contribution in [2.75, 3.05) is 18.1 Å². The van der Waals surface area contributed by atoms with E-state index >= 15 is 0 Å². The van der Waals surface area contributed by atoms with Crippen LogP contribution < -0.4 is 5.32 Å². The Hall–Kier alpha value is -0.620. The fraction of sp³-hybridized carbons (Fsp3) is 0.429. The number of rotatable bonds is 7. The zero-order valence-corrected chi connectivity index (χ0v) is 11.7. The van der Waals surface area contributed by atoms with E-state index in [2.05, 4.69) is 30.3 Å². The minimum Gasteiger partial charge on any atom is -0.313 e. The summed E-state index contributed by atoms with van der Waals surface area (Å²) in [7, 11) is 0. The monoisotopic (exact) mass is 267 g/mol. The first kappa shape index (κ1) is 14.4. The Labute approximate surface area is 113 Å². The molecule has 0 saturated heterocycles. The predicted octanol–water partition coefficient (Wildman–Crippen LogP) is 3.23. The second kappa shape index (κ2) is 8.47. The quantitative estimate of drug-likeness (QED) is 0.601. The molecule has 0 aliphatic heterocycles. The van der Waals surface area contributed by atoms with E-state index in [9.17, 15) is 0 Å². The maximum Gasteiger partial charge on any atom is 0.0545 e.